The second-order valence-corrected chi connectivity index (χ2v) is 5.20. The number of halogens is 1. The number of aromatic nitrogens is 1. The van der Waals surface area contributed by atoms with Gasteiger partial charge < -0.3 is 20.2 Å². The summed E-state index contributed by atoms with van der Waals surface area (Å²) in [5, 5.41) is 14.9. The Bertz CT molecular complexity index is 594. The lowest BCUT2D eigenvalue weighted by Crippen LogP contribution is -2.23. The van der Waals surface area contributed by atoms with Crippen LogP contribution in [0.1, 0.15) is 23.9 Å². The molecular formula is C14H16BrN3O3. The zero-order chi connectivity index (χ0) is 15.2. The molecule has 0 aliphatic rings. The number of aliphatic hydroxyl groups is 1. The van der Waals surface area contributed by atoms with Crippen molar-refractivity contribution in [1.82, 2.24) is 4.98 Å². The third kappa shape index (κ3) is 4.30. The minimum Gasteiger partial charge on any atom is -0.444 e. The maximum atomic E-state index is 11.9. The Hall–Kier alpha value is -1.86. The lowest BCUT2D eigenvalue weighted by molar-refractivity contribution is 0.0995. The maximum absolute atomic E-state index is 11.9. The predicted octanol–water partition coefficient (Wildman–Crippen LogP) is 2.87. The highest BCUT2D eigenvalue weighted by Gasteiger charge is 2.11. The van der Waals surface area contributed by atoms with Gasteiger partial charge in [0.15, 0.2) is 10.4 Å². The first-order valence-electron chi connectivity index (χ1n) is 6.52. The molecule has 0 saturated heterocycles. The Balaban J connectivity index is 1.97. The third-order valence-electron chi connectivity index (χ3n) is 2.88. The summed E-state index contributed by atoms with van der Waals surface area (Å²) >= 11 is 3.14. The van der Waals surface area contributed by atoms with Crippen LogP contribution in [0.3, 0.4) is 0 Å². The molecule has 0 fully saturated rings. The van der Waals surface area contributed by atoms with Crippen LogP contribution in [-0.2, 0) is 0 Å². The minimum atomic E-state index is -0.343. The molecule has 0 spiro atoms. The monoisotopic (exact) mass is 353 g/mol. The molecule has 1 atom stereocenters. The van der Waals surface area contributed by atoms with Crippen molar-refractivity contribution in [3.05, 3.63) is 40.9 Å². The van der Waals surface area contributed by atoms with E-state index in [0.717, 1.165) is 6.42 Å². The summed E-state index contributed by atoms with van der Waals surface area (Å²) in [7, 11) is 0. The number of aliphatic hydroxyl groups excluding tert-OH is 1. The fourth-order valence-electron chi connectivity index (χ4n) is 1.67. The van der Waals surface area contributed by atoms with Gasteiger partial charge in [-0.05, 0) is 46.6 Å². The number of furan rings is 1. The molecule has 0 aromatic carbocycles. The molecule has 1 unspecified atom stereocenters. The second-order valence-electron chi connectivity index (χ2n) is 4.42. The molecule has 112 valence electrons. The Labute approximate surface area is 130 Å². The number of hydrogen-bond donors (Lipinski definition) is 3. The first kappa shape index (κ1) is 15.5. The van der Waals surface area contributed by atoms with Crippen molar-refractivity contribution in [3.63, 3.8) is 0 Å². The number of nitrogens with one attached hydrogen (secondary N) is 2. The van der Waals surface area contributed by atoms with Gasteiger partial charge in [-0.15, -0.1) is 0 Å². The number of nitrogens with zero attached hydrogens (tertiary/aromatic N) is 1. The molecular weight excluding hydrogens is 338 g/mol. The number of rotatable bonds is 6. The Morgan fingerprint density at radius 3 is 2.76 bits per heavy atom. The van der Waals surface area contributed by atoms with Gasteiger partial charge in [0.25, 0.3) is 5.91 Å². The zero-order valence-corrected chi connectivity index (χ0v) is 13.1. The Morgan fingerprint density at radius 2 is 2.24 bits per heavy atom. The standard InChI is InChI=1S/C14H16BrN3O3/c1-2-9(8-19)17-13-6-3-10(7-16-13)18-14(20)11-4-5-12(15)21-11/h3-7,9,19H,2,8H2,1H3,(H,16,17)(H,18,20). The summed E-state index contributed by atoms with van der Waals surface area (Å²) in [6.45, 7) is 2.02. The van der Waals surface area contributed by atoms with Gasteiger partial charge in [-0.1, -0.05) is 6.92 Å². The van der Waals surface area contributed by atoms with Crippen LogP contribution in [0.15, 0.2) is 39.5 Å². The van der Waals surface area contributed by atoms with Crippen LogP contribution in [0.4, 0.5) is 11.5 Å². The Morgan fingerprint density at radius 1 is 1.43 bits per heavy atom. The minimum absolute atomic E-state index is 0.0292. The molecule has 21 heavy (non-hydrogen) atoms. The number of amides is 1. The summed E-state index contributed by atoms with van der Waals surface area (Å²) in [5.41, 5.74) is 0.565. The summed E-state index contributed by atoms with van der Waals surface area (Å²) in [6, 6.07) is 6.68. The first-order valence-corrected chi connectivity index (χ1v) is 7.31. The van der Waals surface area contributed by atoms with Gasteiger partial charge in [0.2, 0.25) is 0 Å². The molecule has 2 aromatic heterocycles. The molecule has 7 heteroatoms. The largest absolute Gasteiger partial charge is 0.444 e. The van der Waals surface area contributed by atoms with Crippen molar-refractivity contribution in [2.45, 2.75) is 19.4 Å². The molecule has 2 rings (SSSR count). The molecule has 2 heterocycles. The van der Waals surface area contributed by atoms with Gasteiger partial charge in [0, 0.05) is 0 Å². The number of carbonyl (C=O) groups excluding carboxylic acids is 1. The molecule has 0 bridgehead atoms. The van der Waals surface area contributed by atoms with Crippen molar-refractivity contribution in [2.24, 2.45) is 0 Å². The van der Waals surface area contributed by atoms with Crippen LogP contribution in [0.2, 0.25) is 0 Å². The quantitative estimate of drug-likeness (QED) is 0.743. The first-order chi connectivity index (χ1) is 10.1. The average molecular weight is 354 g/mol. The van der Waals surface area contributed by atoms with Crippen molar-refractivity contribution < 1.29 is 14.3 Å². The van der Waals surface area contributed by atoms with Crippen molar-refractivity contribution in [1.29, 1.82) is 0 Å². The average Bonchev–Trinajstić information content (AvgIpc) is 2.93. The molecule has 0 saturated carbocycles. The van der Waals surface area contributed by atoms with Gasteiger partial charge in [-0.25, -0.2) is 4.98 Å². The number of hydrogen-bond acceptors (Lipinski definition) is 5. The normalized spacial score (nSPS) is 12.0. The topological polar surface area (TPSA) is 87.4 Å². The van der Waals surface area contributed by atoms with Crippen LogP contribution < -0.4 is 10.6 Å². The highest BCUT2D eigenvalue weighted by molar-refractivity contribution is 9.10. The summed E-state index contributed by atoms with van der Waals surface area (Å²) in [6.07, 6.45) is 2.34. The SMILES string of the molecule is CCC(CO)Nc1ccc(NC(=O)c2ccc(Br)o2)cn1. The van der Waals surface area contributed by atoms with Crippen LogP contribution in [0, 0.1) is 0 Å². The van der Waals surface area contributed by atoms with Crippen molar-refractivity contribution in [2.75, 3.05) is 17.2 Å². The van der Waals surface area contributed by atoms with E-state index in [1.54, 1.807) is 30.5 Å². The maximum Gasteiger partial charge on any atom is 0.291 e. The smallest absolute Gasteiger partial charge is 0.291 e. The third-order valence-corrected chi connectivity index (χ3v) is 3.31. The van der Waals surface area contributed by atoms with E-state index in [1.165, 1.54) is 0 Å². The van der Waals surface area contributed by atoms with Gasteiger partial charge in [0.05, 0.1) is 24.5 Å². The van der Waals surface area contributed by atoms with Crippen LogP contribution in [0.5, 0.6) is 0 Å². The predicted molar refractivity (Wildman–Crippen MR) is 83.4 cm³/mol. The van der Waals surface area contributed by atoms with Gasteiger partial charge in [-0.2, -0.15) is 0 Å². The van der Waals surface area contributed by atoms with Gasteiger partial charge >= 0.3 is 0 Å². The molecule has 3 N–H and O–H groups in total. The lowest BCUT2D eigenvalue weighted by Gasteiger charge is -2.14. The molecule has 6 nitrogen and oxygen atoms in total. The van der Waals surface area contributed by atoms with Crippen molar-refractivity contribution in [3.8, 4) is 0 Å². The van der Waals surface area contributed by atoms with Gasteiger partial charge in [0.1, 0.15) is 5.82 Å². The summed E-state index contributed by atoms with van der Waals surface area (Å²) in [5.74, 6) is 0.523. The molecule has 0 aliphatic carbocycles. The molecule has 0 aliphatic heterocycles. The van der Waals surface area contributed by atoms with Gasteiger partial charge in [-0.3, -0.25) is 4.79 Å². The van der Waals surface area contributed by atoms with E-state index in [0.29, 0.717) is 16.2 Å². The van der Waals surface area contributed by atoms with Crippen LogP contribution in [0.25, 0.3) is 0 Å². The Kier molecular flexibility index (Phi) is 5.35. The zero-order valence-electron chi connectivity index (χ0n) is 11.5. The van der Waals surface area contributed by atoms with E-state index >= 15 is 0 Å². The van der Waals surface area contributed by atoms with E-state index in [9.17, 15) is 4.79 Å². The highest BCUT2D eigenvalue weighted by atomic mass is 79.9. The van der Waals surface area contributed by atoms with Crippen molar-refractivity contribution >= 4 is 33.3 Å². The van der Waals surface area contributed by atoms with Crippen LogP contribution >= 0.6 is 15.9 Å². The summed E-state index contributed by atoms with van der Waals surface area (Å²) in [4.78, 5) is 16.1. The second kappa shape index (κ2) is 7.24. The van der Waals surface area contributed by atoms with E-state index in [-0.39, 0.29) is 24.3 Å². The molecule has 0 radical (unpaired) electrons. The van der Waals surface area contributed by atoms with E-state index in [1.807, 2.05) is 6.92 Å². The number of anilines is 2. The fourth-order valence-corrected chi connectivity index (χ4v) is 1.97. The fraction of sp³-hybridized carbons (Fsp3) is 0.286. The van der Waals surface area contributed by atoms with Crippen LogP contribution in [-0.4, -0.2) is 28.6 Å². The lowest BCUT2D eigenvalue weighted by atomic mass is 10.2. The number of carbonyl (C=O) groups is 1. The van der Waals surface area contributed by atoms with E-state index in [4.69, 9.17) is 9.52 Å². The van der Waals surface area contributed by atoms with E-state index < -0.39 is 0 Å². The number of pyridine rings is 1. The molecule has 1 amide bonds. The molecule has 2 aromatic rings. The summed E-state index contributed by atoms with van der Waals surface area (Å²) < 4.78 is 5.67. The highest BCUT2D eigenvalue weighted by Crippen LogP contribution is 2.16. The van der Waals surface area contributed by atoms with E-state index in [2.05, 4.69) is 31.5 Å².